The molecule has 1 aliphatic rings. The molecular formula is C22H29BrN4O4. The van der Waals surface area contributed by atoms with Crippen molar-refractivity contribution in [1.82, 2.24) is 19.4 Å². The normalized spacial score (nSPS) is 16.9. The van der Waals surface area contributed by atoms with Gasteiger partial charge in [-0.25, -0.2) is 9.78 Å². The van der Waals surface area contributed by atoms with Crippen LogP contribution in [0.2, 0.25) is 0 Å². The summed E-state index contributed by atoms with van der Waals surface area (Å²) in [5.74, 6) is 0.0421. The van der Waals surface area contributed by atoms with Crippen LogP contribution < -0.4 is 5.56 Å². The second-order valence-corrected chi connectivity index (χ2v) is 9.96. The number of likely N-dealkylation sites (tertiary alicyclic amines) is 1. The first-order valence-corrected chi connectivity index (χ1v) is 11.2. The third-order valence-corrected chi connectivity index (χ3v) is 5.69. The van der Waals surface area contributed by atoms with Crippen molar-refractivity contribution in [2.75, 3.05) is 26.7 Å². The number of carbonyl (C=O) groups is 2. The number of carbonyl (C=O) groups excluding carboxylic acids is 2. The molecule has 1 saturated heterocycles. The van der Waals surface area contributed by atoms with E-state index in [0.717, 1.165) is 17.3 Å². The average Bonchev–Trinajstić information content (AvgIpc) is 2.69. The molecule has 2 aromatic rings. The van der Waals surface area contributed by atoms with Crippen molar-refractivity contribution in [3.05, 3.63) is 39.4 Å². The lowest BCUT2D eigenvalue weighted by Gasteiger charge is -2.35. The van der Waals surface area contributed by atoms with Crippen LogP contribution in [0.3, 0.4) is 0 Å². The van der Waals surface area contributed by atoms with E-state index < -0.39 is 5.60 Å². The third kappa shape index (κ3) is 6.06. The molecule has 0 saturated carbocycles. The van der Waals surface area contributed by atoms with E-state index in [1.54, 1.807) is 29.0 Å². The highest BCUT2D eigenvalue weighted by molar-refractivity contribution is 9.10. The highest BCUT2D eigenvalue weighted by Gasteiger charge is 2.27. The van der Waals surface area contributed by atoms with E-state index in [1.165, 1.54) is 10.9 Å². The molecule has 0 radical (unpaired) electrons. The number of fused-ring (bicyclic) bond motifs is 1. The number of halogens is 1. The van der Waals surface area contributed by atoms with Crippen molar-refractivity contribution >= 4 is 38.8 Å². The molecule has 31 heavy (non-hydrogen) atoms. The van der Waals surface area contributed by atoms with E-state index in [0.29, 0.717) is 30.5 Å². The maximum atomic E-state index is 12.9. The minimum absolute atomic E-state index is 0.0527. The summed E-state index contributed by atoms with van der Waals surface area (Å²) in [4.78, 5) is 45.5. The fourth-order valence-electron chi connectivity index (χ4n) is 3.73. The minimum atomic E-state index is -0.545. The Labute approximate surface area is 190 Å². The number of aromatic nitrogens is 2. The van der Waals surface area contributed by atoms with Gasteiger partial charge < -0.3 is 14.5 Å². The molecule has 0 aliphatic carbocycles. The molecule has 0 bridgehead atoms. The molecule has 1 unspecified atom stereocenters. The van der Waals surface area contributed by atoms with Gasteiger partial charge in [0, 0.05) is 31.2 Å². The fourth-order valence-corrected chi connectivity index (χ4v) is 4.09. The number of benzene rings is 1. The van der Waals surface area contributed by atoms with Crippen molar-refractivity contribution in [3.8, 4) is 0 Å². The first kappa shape index (κ1) is 23.2. The van der Waals surface area contributed by atoms with Gasteiger partial charge in [0.1, 0.15) is 12.1 Å². The number of piperidine rings is 1. The van der Waals surface area contributed by atoms with Crippen LogP contribution in [0.1, 0.15) is 33.6 Å². The van der Waals surface area contributed by atoms with Crippen molar-refractivity contribution in [2.24, 2.45) is 5.92 Å². The van der Waals surface area contributed by atoms with Crippen LogP contribution in [0.5, 0.6) is 0 Å². The number of hydrogen-bond acceptors (Lipinski definition) is 5. The Kier molecular flexibility index (Phi) is 7.03. The lowest BCUT2D eigenvalue weighted by atomic mass is 9.97. The van der Waals surface area contributed by atoms with E-state index in [9.17, 15) is 14.4 Å². The zero-order valence-electron chi connectivity index (χ0n) is 18.4. The summed E-state index contributed by atoms with van der Waals surface area (Å²) in [6, 6.07) is 5.31. The Balaban J connectivity index is 1.63. The molecule has 168 valence electrons. The van der Waals surface area contributed by atoms with Crippen LogP contribution in [-0.4, -0.2) is 63.6 Å². The molecule has 3 rings (SSSR count). The SMILES string of the molecule is CN(CC1CCCN(C(=O)Cn2cnc3ccc(Br)cc3c2=O)C1)C(=O)OC(C)(C)C. The van der Waals surface area contributed by atoms with E-state index in [1.807, 2.05) is 26.8 Å². The summed E-state index contributed by atoms with van der Waals surface area (Å²) in [7, 11) is 1.72. The maximum Gasteiger partial charge on any atom is 0.410 e. The molecular weight excluding hydrogens is 464 g/mol. The highest BCUT2D eigenvalue weighted by atomic mass is 79.9. The van der Waals surface area contributed by atoms with Crippen LogP contribution in [0.4, 0.5) is 4.79 Å². The Bertz CT molecular complexity index is 1030. The van der Waals surface area contributed by atoms with Crippen molar-refractivity contribution in [1.29, 1.82) is 0 Å². The molecule has 1 aromatic carbocycles. The summed E-state index contributed by atoms with van der Waals surface area (Å²) in [5.41, 5.74) is -0.186. The molecule has 2 heterocycles. The summed E-state index contributed by atoms with van der Waals surface area (Å²) >= 11 is 3.37. The van der Waals surface area contributed by atoms with Crippen LogP contribution in [0, 0.1) is 5.92 Å². The molecule has 1 atom stereocenters. The van der Waals surface area contributed by atoms with Gasteiger partial charge in [0.05, 0.1) is 17.2 Å². The zero-order valence-corrected chi connectivity index (χ0v) is 20.0. The summed E-state index contributed by atoms with van der Waals surface area (Å²) in [6.45, 7) is 7.17. The van der Waals surface area contributed by atoms with Gasteiger partial charge in [-0.1, -0.05) is 15.9 Å². The second kappa shape index (κ2) is 9.38. The van der Waals surface area contributed by atoms with E-state index in [2.05, 4.69) is 20.9 Å². The summed E-state index contributed by atoms with van der Waals surface area (Å²) in [5, 5.41) is 0.472. The van der Waals surface area contributed by atoms with Gasteiger partial charge in [-0.2, -0.15) is 0 Å². The van der Waals surface area contributed by atoms with E-state index >= 15 is 0 Å². The smallest absolute Gasteiger partial charge is 0.410 e. The molecule has 1 aliphatic heterocycles. The van der Waals surface area contributed by atoms with Crippen LogP contribution in [-0.2, 0) is 16.1 Å². The van der Waals surface area contributed by atoms with Crippen molar-refractivity contribution in [3.63, 3.8) is 0 Å². The monoisotopic (exact) mass is 492 g/mol. The molecule has 9 heteroatoms. The van der Waals surface area contributed by atoms with Gasteiger partial charge in [0.2, 0.25) is 5.91 Å². The summed E-state index contributed by atoms with van der Waals surface area (Å²) in [6.07, 6.45) is 2.85. The van der Waals surface area contributed by atoms with Gasteiger partial charge in [0.15, 0.2) is 0 Å². The first-order chi connectivity index (χ1) is 14.5. The average molecular weight is 493 g/mol. The molecule has 8 nitrogen and oxygen atoms in total. The number of hydrogen-bond donors (Lipinski definition) is 0. The van der Waals surface area contributed by atoms with Crippen molar-refractivity contribution in [2.45, 2.75) is 45.8 Å². The minimum Gasteiger partial charge on any atom is -0.444 e. The Morgan fingerprint density at radius 1 is 1.32 bits per heavy atom. The third-order valence-electron chi connectivity index (χ3n) is 5.20. The standard InChI is InChI=1S/C22H29BrN4O4/c1-22(2,3)31-21(30)25(4)11-15-6-5-9-26(12-15)19(28)13-27-14-24-18-8-7-16(23)10-17(18)20(27)29/h7-8,10,14-15H,5-6,9,11-13H2,1-4H3. The number of nitrogens with zero attached hydrogens (tertiary/aromatic N) is 4. The van der Waals surface area contributed by atoms with E-state index in [-0.39, 0.29) is 30.0 Å². The highest BCUT2D eigenvalue weighted by Crippen LogP contribution is 2.19. The number of amides is 2. The van der Waals surface area contributed by atoms with Crippen LogP contribution >= 0.6 is 15.9 Å². The largest absolute Gasteiger partial charge is 0.444 e. The predicted octanol–water partition coefficient (Wildman–Crippen LogP) is 3.26. The topological polar surface area (TPSA) is 84.7 Å². The number of ether oxygens (including phenoxy) is 1. The Hall–Kier alpha value is -2.42. The lowest BCUT2D eigenvalue weighted by molar-refractivity contribution is -0.133. The molecule has 1 aromatic heterocycles. The lowest BCUT2D eigenvalue weighted by Crippen LogP contribution is -2.46. The fraction of sp³-hybridized carbons (Fsp3) is 0.545. The zero-order chi connectivity index (χ0) is 22.8. The van der Waals surface area contributed by atoms with Gasteiger partial charge in [-0.15, -0.1) is 0 Å². The summed E-state index contributed by atoms with van der Waals surface area (Å²) < 4.78 is 7.55. The predicted molar refractivity (Wildman–Crippen MR) is 122 cm³/mol. The van der Waals surface area contributed by atoms with Crippen LogP contribution in [0.25, 0.3) is 10.9 Å². The molecule has 2 amide bonds. The quantitative estimate of drug-likeness (QED) is 0.653. The Morgan fingerprint density at radius 2 is 2.06 bits per heavy atom. The van der Waals surface area contributed by atoms with Crippen LogP contribution in [0.15, 0.2) is 33.8 Å². The second-order valence-electron chi connectivity index (χ2n) is 9.05. The van der Waals surface area contributed by atoms with E-state index in [4.69, 9.17) is 4.74 Å². The first-order valence-electron chi connectivity index (χ1n) is 10.4. The van der Waals surface area contributed by atoms with Gasteiger partial charge >= 0.3 is 6.09 Å². The van der Waals surface area contributed by atoms with Gasteiger partial charge in [-0.05, 0) is 57.7 Å². The molecule has 0 N–H and O–H groups in total. The van der Waals surface area contributed by atoms with Gasteiger partial charge in [-0.3, -0.25) is 14.2 Å². The van der Waals surface area contributed by atoms with Gasteiger partial charge in [0.25, 0.3) is 5.56 Å². The number of rotatable bonds is 4. The van der Waals surface area contributed by atoms with Crippen molar-refractivity contribution < 1.29 is 14.3 Å². The molecule has 0 spiro atoms. The maximum absolute atomic E-state index is 12.9. The molecule has 1 fully saturated rings. The Morgan fingerprint density at radius 3 is 2.77 bits per heavy atom.